The second-order valence-corrected chi connectivity index (χ2v) is 3.83. The summed E-state index contributed by atoms with van der Waals surface area (Å²) in [4.78, 5) is 0. The Labute approximate surface area is 89.0 Å². The van der Waals surface area contributed by atoms with Crippen LogP contribution in [0.1, 0.15) is 18.9 Å². The Morgan fingerprint density at radius 2 is 1.93 bits per heavy atom. The highest BCUT2D eigenvalue weighted by molar-refractivity contribution is 6.31. The first-order valence-electron chi connectivity index (χ1n) is 4.75. The van der Waals surface area contributed by atoms with Gasteiger partial charge in [0.05, 0.1) is 11.4 Å². The molecule has 14 heavy (non-hydrogen) atoms. The number of benzene rings is 1. The van der Waals surface area contributed by atoms with E-state index in [-0.39, 0.29) is 0 Å². The SMILES string of the molecule is CC/C=C1\Nc2cc(C)c(Cl)cc2N1. The Bertz CT molecular complexity index is 364. The van der Waals surface area contributed by atoms with Crippen molar-refractivity contribution < 1.29 is 0 Å². The minimum absolute atomic E-state index is 0.802. The monoisotopic (exact) mass is 208 g/mol. The Kier molecular flexibility index (Phi) is 2.38. The fraction of sp³-hybridized carbons (Fsp3) is 0.273. The molecule has 0 saturated carbocycles. The molecule has 0 saturated heterocycles. The summed E-state index contributed by atoms with van der Waals surface area (Å²) in [6.07, 6.45) is 3.12. The van der Waals surface area contributed by atoms with Gasteiger partial charge in [-0.05, 0) is 37.1 Å². The van der Waals surface area contributed by atoms with Gasteiger partial charge < -0.3 is 10.6 Å². The third kappa shape index (κ3) is 1.58. The molecule has 0 unspecified atom stereocenters. The van der Waals surface area contributed by atoms with E-state index < -0.39 is 0 Å². The lowest BCUT2D eigenvalue weighted by Gasteiger charge is -2.01. The molecule has 0 spiro atoms. The predicted octanol–water partition coefficient (Wildman–Crippen LogP) is 3.74. The smallest absolute Gasteiger partial charge is 0.104 e. The van der Waals surface area contributed by atoms with Gasteiger partial charge in [0.25, 0.3) is 0 Å². The summed E-state index contributed by atoms with van der Waals surface area (Å²) in [6.45, 7) is 4.11. The highest BCUT2D eigenvalue weighted by Crippen LogP contribution is 2.34. The molecule has 1 aliphatic rings. The molecule has 1 heterocycles. The molecule has 2 N–H and O–H groups in total. The van der Waals surface area contributed by atoms with Gasteiger partial charge in [0, 0.05) is 5.02 Å². The summed E-state index contributed by atoms with van der Waals surface area (Å²) in [6, 6.07) is 4.01. The van der Waals surface area contributed by atoms with Crippen molar-refractivity contribution in [2.75, 3.05) is 10.6 Å². The highest BCUT2D eigenvalue weighted by Gasteiger charge is 2.14. The van der Waals surface area contributed by atoms with Crippen LogP contribution in [0.15, 0.2) is 24.0 Å². The standard InChI is InChI=1S/C11H13ClN2/c1-3-4-11-13-9-5-7(2)8(12)6-10(9)14-11/h4-6,13-14H,3H2,1-2H3/b11-4+. The molecule has 0 fully saturated rings. The fourth-order valence-electron chi connectivity index (χ4n) is 1.52. The number of allylic oxidation sites excluding steroid dienone is 1. The van der Waals surface area contributed by atoms with Crippen molar-refractivity contribution in [1.82, 2.24) is 0 Å². The topological polar surface area (TPSA) is 24.1 Å². The van der Waals surface area contributed by atoms with E-state index in [9.17, 15) is 0 Å². The molecule has 2 rings (SSSR count). The molecule has 0 radical (unpaired) electrons. The van der Waals surface area contributed by atoms with Gasteiger partial charge >= 0.3 is 0 Å². The molecule has 0 amide bonds. The van der Waals surface area contributed by atoms with E-state index in [1.165, 1.54) is 0 Å². The fourth-order valence-corrected chi connectivity index (χ4v) is 1.68. The molecule has 0 aromatic heterocycles. The van der Waals surface area contributed by atoms with Crippen molar-refractivity contribution in [2.24, 2.45) is 0 Å². The van der Waals surface area contributed by atoms with Crippen LogP contribution in [-0.4, -0.2) is 0 Å². The number of nitrogens with one attached hydrogen (secondary N) is 2. The summed E-state index contributed by atoms with van der Waals surface area (Å²) in [5, 5.41) is 7.37. The van der Waals surface area contributed by atoms with Gasteiger partial charge in [0.15, 0.2) is 0 Å². The lowest BCUT2D eigenvalue weighted by Crippen LogP contribution is -1.97. The van der Waals surface area contributed by atoms with Crippen molar-refractivity contribution in [2.45, 2.75) is 20.3 Å². The van der Waals surface area contributed by atoms with Crippen LogP contribution in [-0.2, 0) is 0 Å². The highest BCUT2D eigenvalue weighted by atomic mass is 35.5. The zero-order chi connectivity index (χ0) is 10.1. The largest absolute Gasteiger partial charge is 0.340 e. The molecule has 0 aliphatic carbocycles. The minimum atomic E-state index is 0.802. The number of anilines is 2. The van der Waals surface area contributed by atoms with Crippen molar-refractivity contribution in [1.29, 1.82) is 0 Å². The summed E-state index contributed by atoms with van der Waals surface area (Å²) in [5.74, 6) is 1.05. The number of hydrogen-bond acceptors (Lipinski definition) is 2. The van der Waals surface area contributed by atoms with Gasteiger partial charge in [-0.1, -0.05) is 18.5 Å². The molecule has 1 aliphatic heterocycles. The van der Waals surface area contributed by atoms with Gasteiger partial charge in [-0.3, -0.25) is 0 Å². The summed E-state index contributed by atoms with van der Waals surface area (Å²) in [5.41, 5.74) is 3.25. The van der Waals surface area contributed by atoms with Crippen molar-refractivity contribution in [3.05, 3.63) is 34.6 Å². The number of rotatable bonds is 1. The van der Waals surface area contributed by atoms with Gasteiger partial charge in [0.2, 0.25) is 0 Å². The van der Waals surface area contributed by atoms with Crippen LogP contribution >= 0.6 is 11.6 Å². The van der Waals surface area contributed by atoms with E-state index in [4.69, 9.17) is 11.6 Å². The van der Waals surface area contributed by atoms with Crippen LogP contribution in [0, 0.1) is 6.92 Å². The van der Waals surface area contributed by atoms with Crippen molar-refractivity contribution in [3.63, 3.8) is 0 Å². The van der Waals surface area contributed by atoms with Crippen molar-refractivity contribution >= 4 is 23.0 Å². The first-order valence-corrected chi connectivity index (χ1v) is 5.13. The molecule has 1 aromatic carbocycles. The number of fused-ring (bicyclic) bond motifs is 1. The van der Waals surface area contributed by atoms with Crippen LogP contribution in [0.3, 0.4) is 0 Å². The van der Waals surface area contributed by atoms with E-state index in [2.05, 4.69) is 29.7 Å². The number of hydrogen-bond donors (Lipinski definition) is 2. The number of halogens is 1. The van der Waals surface area contributed by atoms with Crippen LogP contribution in [0.5, 0.6) is 0 Å². The van der Waals surface area contributed by atoms with E-state index >= 15 is 0 Å². The molecule has 3 heteroatoms. The molecule has 0 bridgehead atoms. The third-order valence-electron chi connectivity index (χ3n) is 2.25. The Balaban J connectivity index is 2.36. The van der Waals surface area contributed by atoms with Crippen LogP contribution in [0.25, 0.3) is 0 Å². The molecule has 0 atom stereocenters. The first-order chi connectivity index (χ1) is 6.70. The second kappa shape index (κ2) is 3.54. The normalized spacial score (nSPS) is 16.4. The van der Waals surface area contributed by atoms with E-state index in [1.54, 1.807) is 0 Å². The van der Waals surface area contributed by atoms with E-state index in [1.807, 2.05) is 13.0 Å². The molecule has 2 nitrogen and oxygen atoms in total. The number of aryl methyl sites for hydroxylation is 1. The maximum absolute atomic E-state index is 6.03. The van der Waals surface area contributed by atoms with Crippen LogP contribution < -0.4 is 10.6 Å². The Morgan fingerprint density at radius 1 is 1.29 bits per heavy atom. The summed E-state index contributed by atoms with van der Waals surface area (Å²) >= 11 is 6.03. The average Bonchev–Trinajstić information content (AvgIpc) is 2.48. The Morgan fingerprint density at radius 3 is 2.57 bits per heavy atom. The van der Waals surface area contributed by atoms with Gasteiger partial charge in [-0.15, -0.1) is 0 Å². The zero-order valence-electron chi connectivity index (χ0n) is 8.32. The van der Waals surface area contributed by atoms with Crippen LogP contribution in [0.2, 0.25) is 5.02 Å². The molecule has 74 valence electrons. The van der Waals surface area contributed by atoms with E-state index in [0.717, 1.165) is 34.2 Å². The average molecular weight is 209 g/mol. The Hall–Kier alpha value is -1.15. The van der Waals surface area contributed by atoms with Gasteiger partial charge in [0.1, 0.15) is 5.82 Å². The quantitative estimate of drug-likeness (QED) is 0.735. The van der Waals surface area contributed by atoms with Gasteiger partial charge in [-0.25, -0.2) is 0 Å². The van der Waals surface area contributed by atoms with Gasteiger partial charge in [-0.2, -0.15) is 0 Å². The minimum Gasteiger partial charge on any atom is -0.340 e. The lowest BCUT2D eigenvalue weighted by molar-refractivity contribution is 1.19. The third-order valence-corrected chi connectivity index (χ3v) is 2.65. The van der Waals surface area contributed by atoms with E-state index in [0.29, 0.717) is 0 Å². The maximum atomic E-state index is 6.03. The molecular formula is C11H13ClN2. The zero-order valence-corrected chi connectivity index (χ0v) is 9.07. The summed E-state index contributed by atoms with van der Waals surface area (Å²) < 4.78 is 0. The maximum Gasteiger partial charge on any atom is 0.104 e. The summed E-state index contributed by atoms with van der Waals surface area (Å²) in [7, 11) is 0. The van der Waals surface area contributed by atoms with Crippen molar-refractivity contribution in [3.8, 4) is 0 Å². The second-order valence-electron chi connectivity index (χ2n) is 3.42. The first kappa shape index (κ1) is 9.41. The van der Waals surface area contributed by atoms with Crippen LogP contribution in [0.4, 0.5) is 11.4 Å². The lowest BCUT2D eigenvalue weighted by atomic mass is 10.2. The molecular weight excluding hydrogens is 196 g/mol. The predicted molar refractivity (Wildman–Crippen MR) is 61.8 cm³/mol. The molecule has 1 aromatic rings.